The molecule has 0 saturated heterocycles. The van der Waals surface area contributed by atoms with E-state index in [1.54, 1.807) is 79.9 Å². The van der Waals surface area contributed by atoms with Gasteiger partial charge in [-0.15, -0.1) is 0 Å². The lowest BCUT2D eigenvalue weighted by atomic mass is 10.2. The molecule has 0 aliphatic rings. The molecule has 0 radical (unpaired) electrons. The van der Waals surface area contributed by atoms with Crippen molar-refractivity contribution in [3.05, 3.63) is 83.4 Å². The summed E-state index contributed by atoms with van der Waals surface area (Å²) in [5.74, 6) is -0.411. The minimum atomic E-state index is -0.506. The van der Waals surface area contributed by atoms with Crippen LogP contribution in [0.3, 0.4) is 0 Å². The number of rotatable bonds is 9. The highest BCUT2D eigenvalue weighted by Gasteiger charge is 2.14. The average Bonchev–Trinajstić information content (AvgIpc) is 2.83. The lowest BCUT2D eigenvalue weighted by Crippen LogP contribution is -2.33. The van der Waals surface area contributed by atoms with E-state index in [-0.39, 0.29) is 24.5 Å². The third-order valence-electron chi connectivity index (χ3n) is 4.40. The van der Waals surface area contributed by atoms with Gasteiger partial charge in [0.1, 0.15) is 11.5 Å². The van der Waals surface area contributed by atoms with E-state index in [2.05, 4.69) is 16.0 Å². The summed E-state index contributed by atoms with van der Waals surface area (Å²) in [7, 11) is 1.55. The predicted molar refractivity (Wildman–Crippen MR) is 126 cm³/mol. The summed E-state index contributed by atoms with van der Waals surface area (Å²) in [5.41, 5.74) is 1.35. The highest BCUT2D eigenvalue weighted by atomic mass is 35.5. The van der Waals surface area contributed by atoms with Crippen LogP contribution in [0, 0.1) is 0 Å². The standard InChI is InChI=1S/C24H22ClN3O5/c1-32-19-12-10-18(11-13-19)27-22(29)14-26-24(31)20-4-2-3-5-21(20)33-15-23(30)28-17-8-6-16(25)7-9-17/h2-13H,14-15H2,1H3,(H,26,31)(H,27,29)(H,28,30). The van der Waals surface area contributed by atoms with Crippen LogP contribution in [0.2, 0.25) is 5.02 Å². The predicted octanol–water partition coefficient (Wildman–Crippen LogP) is 3.73. The molecule has 170 valence electrons. The Bertz CT molecular complexity index is 1120. The SMILES string of the molecule is COc1ccc(NC(=O)CNC(=O)c2ccccc2OCC(=O)Nc2ccc(Cl)cc2)cc1. The zero-order chi connectivity index (χ0) is 23.6. The molecule has 3 amide bonds. The van der Waals surface area contributed by atoms with Crippen molar-refractivity contribution >= 4 is 40.7 Å². The Kier molecular flexibility index (Phi) is 8.26. The van der Waals surface area contributed by atoms with Crippen LogP contribution in [0.15, 0.2) is 72.8 Å². The third-order valence-corrected chi connectivity index (χ3v) is 4.65. The van der Waals surface area contributed by atoms with Crippen LogP contribution in [-0.2, 0) is 9.59 Å². The summed E-state index contributed by atoms with van der Waals surface area (Å²) in [6, 6.07) is 19.9. The van der Waals surface area contributed by atoms with Crippen LogP contribution in [0.4, 0.5) is 11.4 Å². The smallest absolute Gasteiger partial charge is 0.262 e. The molecular weight excluding hydrogens is 446 g/mol. The van der Waals surface area contributed by atoms with Gasteiger partial charge in [0.25, 0.3) is 11.8 Å². The first-order chi connectivity index (χ1) is 15.9. The Labute approximate surface area is 195 Å². The van der Waals surface area contributed by atoms with Gasteiger partial charge in [-0.25, -0.2) is 0 Å². The van der Waals surface area contributed by atoms with E-state index < -0.39 is 17.7 Å². The van der Waals surface area contributed by atoms with E-state index in [9.17, 15) is 14.4 Å². The van der Waals surface area contributed by atoms with Crippen LogP contribution in [0.5, 0.6) is 11.5 Å². The molecule has 3 aromatic rings. The van der Waals surface area contributed by atoms with Crippen molar-refractivity contribution < 1.29 is 23.9 Å². The summed E-state index contributed by atoms with van der Waals surface area (Å²) < 4.78 is 10.6. The van der Waals surface area contributed by atoms with Gasteiger partial charge < -0.3 is 25.4 Å². The van der Waals surface area contributed by atoms with Gasteiger partial charge in [0.15, 0.2) is 6.61 Å². The maximum atomic E-state index is 12.6. The molecule has 33 heavy (non-hydrogen) atoms. The molecule has 0 spiro atoms. The minimum absolute atomic E-state index is 0.203. The summed E-state index contributed by atoms with van der Waals surface area (Å²) in [6.45, 7) is -0.541. The second-order valence-corrected chi connectivity index (χ2v) is 7.24. The van der Waals surface area contributed by atoms with Gasteiger partial charge in [-0.1, -0.05) is 23.7 Å². The summed E-state index contributed by atoms with van der Waals surface area (Å²) >= 11 is 5.83. The van der Waals surface area contributed by atoms with E-state index in [4.69, 9.17) is 21.1 Å². The number of benzene rings is 3. The molecule has 0 aliphatic carbocycles. The van der Waals surface area contributed by atoms with Gasteiger partial charge in [0.05, 0.1) is 19.2 Å². The molecule has 0 aliphatic heterocycles. The second kappa shape index (κ2) is 11.5. The molecule has 0 saturated carbocycles. The molecular formula is C24H22ClN3O5. The van der Waals surface area contributed by atoms with E-state index in [1.165, 1.54) is 0 Å². The summed E-state index contributed by atoms with van der Waals surface area (Å²) in [5, 5.41) is 8.46. The topological polar surface area (TPSA) is 106 Å². The zero-order valence-electron chi connectivity index (χ0n) is 17.8. The van der Waals surface area contributed by atoms with Gasteiger partial charge in [0.2, 0.25) is 5.91 Å². The molecule has 0 heterocycles. The van der Waals surface area contributed by atoms with Crippen molar-refractivity contribution in [1.29, 1.82) is 0 Å². The number of ether oxygens (including phenoxy) is 2. The lowest BCUT2D eigenvalue weighted by Gasteiger charge is -2.12. The molecule has 0 fully saturated rings. The second-order valence-electron chi connectivity index (χ2n) is 6.80. The van der Waals surface area contributed by atoms with Crippen LogP contribution >= 0.6 is 11.6 Å². The number of para-hydroxylation sites is 1. The fraction of sp³-hybridized carbons (Fsp3) is 0.125. The molecule has 3 rings (SSSR count). The van der Waals surface area contributed by atoms with E-state index >= 15 is 0 Å². The normalized spacial score (nSPS) is 10.1. The monoisotopic (exact) mass is 467 g/mol. The largest absolute Gasteiger partial charge is 0.497 e. The third kappa shape index (κ3) is 7.26. The number of methoxy groups -OCH3 is 1. The fourth-order valence-corrected chi connectivity index (χ4v) is 2.91. The van der Waals surface area contributed by atoms with Crippen molar-refractivity contribution in [3.63, 3.8) is 0 Å². The molecule has 0 atom stereocenters. The highest BCUT2D eigenvalue weighted by Crippen LogP contribution is 2.19. The number of anilines is 2. The van der Waals surface area contributed by atoms with Crippen LogP contribution in [0.1, 0.15) is 10.4 Å². The number of hydrogen-bond donors (Lipinski definition) is 3. The molecule has 0 unspecified atom stereocenters. The van der Waals surface area contributed by atoms with Gasteiger partial charge >= 0.3 is 0 Å². The van der Waals surface area contributed by atoms with Gasteiger partial charge in [-0.2, -0.15) is 0 Å². The molecule has 9 heteroatoms. The summed E-state index contributed by atoms with van der Waals surface area (Å²) in [4.78, 5) is 36.9. The number of nitrogens with one attached hydrogen (secondary N) is 3. The molecule has 0 aromatic heterocycles. The van der Waals surface area contributed by atoms with E-state index in [0.29, 0.717) is 22.1 Å². The Hall–Kier alpha value is -4.04. The van der Waals surface area contributed by atoms with Gasteiger partial charge in [0, 0.05) is 16.4 Å². The zero-order valence-corrected chi connectivity index (χ0v) is 18.5. The first-order valence-electron chi connectivity index (χ1n) is 9.94. The highest BCUT2D eigenvalue weighted by molar-refractivity contribution is 6.30. The minimum Gasteiger partial charge on any atom is -0.497 e. The Balaban J connectivity index is 1.51. The molecule has 8 nitrogen and oxygen atoms in total. The Morgan fingerprint density at radius 1 is 0.818 bits per heavy atom. The lowest BCUT2D eigenvalue weighted by molar-refractivity contribution is -0.118. The molecule has 3 aromatic carbocycles. The van der Waals surface area contributed by atoms with Crippen LogP contribution in [-0.4, -0.2) is 38.0 Å². The van der Waals surface area contributed by atoms with Crippen LogP contribution in [0.25, 0.3) is 0 Å². The van der Waals surface area contributed by atoms with Crippen molar-refractivity contribution in [3.8, 4) is 11.5 Å². The van der Waals surface area contributed by atoms with Gasteiger partial charge in [-0.05, 0) is 60.7 Å². The molecule has 0 bridgehead atoms. The van der Waals surface area contributed by atoms with E-state index in [1.807, 2.05) is 0 Å². The number of carbonyl (C=O) groups is 3. The maximum Gasteiger partial charge on any atom is 0.262 e. The number of hydrogen-bond acceptors (Lipinski definition) is 5. The number of amides is 3. The van der Waals surface area contributed by atoms with Gasteiger partial charge in [-0.3, -0.25) is 14.4 Å². The molecule has 3 N–H and O–H groups in total. The quantitative estimate of drug-likeness (QED) is 0.444. The Morgan fingerprint density at radius 2 is 1.42 bits per heavy atom. The van der Waals surface area contributed by atoms with Crippen molar-refractivity contribution in [1.82, 2.24) is 5.32 Å². The van der Waals surface area contributed by atoms with Crippen LogP contribution < -0.4 is 25.4 Å². The first kappa shape index (κ1) is 23.6. The van der Waals surface area contributed by atoms with E-state index in [0.717, 1.165) is 0 Å². The number of halogens is 1. The fourth-order valence-electron chi connectivity index (χ4n) is 2.79. The van der Waals surface area contributed by atoms with Crippen molar-refractivity contribution in [2.45, 2.75) is 0 Å². The van der Waals surface area contributed by atoms with Crippen molar-refractivity contribution in [2.75, 3.05) is 30.9 Å². The average molecular weight is 468 g/mol. The van der Waals surface area contributed by atoms with Crippen molar-refractivity contribution in [2.24, 2.45) is 0 Å². The number of carbonyl (C=O) groups excluding carboxylic acids is 3. The Morgan fingerprint density at radius 3 is 2.09 bits per heavy atom. The first-order valence-corrected chi connectivity index (χ1v) is 10.3. The summed E-state index contributed by atoms with van der Waals surface area (Å²) in [6.07, 6.45) is 0. The maximum absolute atomic E-state index is 12.6.